The van der Waals surface area contributed by atoms with Crippen LogP contribution in [0.1, 0.15) is 32.6 Å². The van der Waals surface area contributed by atoms with Crippen LogP contribution in [-0.2, 0) is 0 Å². The van der Waals surface area contributed by atoms with Crippen molar-refractivity contribution in [1.82, 2.24) is 4.90 Å². The number of rotatable bonds is 5. The lowest BCUT2D eigenvalue weighted by molar-refractivity contribution is 0.198. The van der Waals surface area contributed by atoms with Crippen LogP contribution in [0.3, 0.4) is 0 Å². The minimum absolute atomic E-state index is 0.659. The smallest absolute Gasteiger partial charge is 0.102 e. The second kappa shape index (κ2) is 4.77. The molecule has 0 bridgehead atoms. The molecular formula is C11H21N3. The van der Waals surface area contributed by atoms with Crippen molar-refractivity contribution in [3.63, 3.8) is 0 Å². The summed E-state index contributed by atoms with van der Waals surface area (Å²) < 4.78 is 0. The molecule has 1 aliphatic rings. The Morgan fingerprint density at radius 1 is 1.57 bits per heavy atom. The lowest BCUT2D eigenvalue weighted by atomic mass is 9.85. The molecule has 0 radical (unpaired) electrons. The minimum atomic E-state index is -0.659. The molecule has 0 aromatic rings. The van der Waals surface area contributed by atoms with Crippen LogP contribution >= 0.6 is 0 Å². The van der Waals surface area contributed by atoms with Gasteiger partial charge in [-0.1, -0.05) is 6.42 Å². The van der Waals surface area contributed by atoms with E-state index in [1.165, 1.54) is 25.8 Å². The van der Waals surface area contributed by atoms with Gasteiger partial charge in [-0.15, -0.1) is 0 Å². The van der Waals surface area contributed by atoms with Crippen molar-refractivity contribution in [2.75, 3.05) is 20.1 Å². The van der Waals surface area contributed by atoms with Crippen molar-refractivity contribution in [2.24, 2.45) is 11.7 Å². The van der Waals surface area contributed by atoms with Crippen LogP contribution < -0.4 is 5.73 Å². The second-order valence-electron chi connectivity index (χ2n) is 4.84. The molecule has 1 unspecified atom stereocenters. The van der Waals surface area contributed by atoms with Crippen LogP contribution in [0, 0.1) is 17.2 Å². The van der Waals surface area contributed by atoms with E-state index in [0.29, 0.717) is 0 Å². The standard InChI is InChI=1S/C11H21N3/c1-11(13,9-12)6-7-14(2)8-10-4-3-5-10/h10H,3-8,13H2,1-2H3. The third kappa shape index (κ3) is 3.65. The molecule has 1 aliphatic carbocycles. The maximum absolute atomic E-state index is 8.75. The molecular weight excluding hydrogens is 174 g/mol. The molecule has 0 aromatic heterocycles. The molecule has 3 nitrogen and oxygen atoms in total. The van der Waals surface area contributed by atoms with Gasteiger partial charge >= 0.3 is 0 Å². The monoisotopic (exact) mass is 195 g/mol. The van der Waals surface area contributed by atoms with Crippen LogP contribution in [0.2, 0.25) is 0 Å². The van der Waals surface area contributed by atoms with Gasteiger partial charge in [0.25, 0.3) is 0 Å². The third-order valence-electron chi connectivity index (χ3n) is 3.06. The van der Waals surface area contributed by atoms with Crippen molar-refractivity contribution < 1.29 is 0 Å². The van der Waals surface area contributed by atoms with Crippen LogP contribution in [0.25, 0.3) is 0 Å². The molecule has 1 rings (SSSR count). The van der Waals surface area contributed by atoms with E-state index in [1.54, 1.807) is 6.92 Å². The topological polar surface area (TPSA) is 53.0 Å². The summed E-state index contributed by atoms with van der Waals surface area (Å²) in [5.74, 6) is 0.895. The Balaban J connectivity index is 2.14. The molecule has 0 saturated heterocycles. The van der Waals surface area contributed by atoms with Crippen LogP contribution in [0.15, 0.2) is 0 Å². The third-order valence-corrected chi connectivity index (χ3v) is 3.06. The van der Waals surface area contributed by atoms with Crippen LogP contribution in [0.5, 0.6) is 0 Å². The molecule has 1 fully saturated rings. The van der Waals surface area contributed by atoms with Gasteiger partial charge in [-0.3, -0.25) is 0 Å². The summed E-state index contributed by atoms with van der Waals surface area (Å²) in [6, 6.07) is 2.13. The van der Waals surface area contributed by atoms with Gasteiger partial charge in [0.1, 0.15) is 5.54 Å². The summed E-state index contributed by atoms with van der Waals surface area (Å²) in [5.41, 5.74) is 5.09. The first kappa shape index (κ1) is 11.5. The van der Waals surface area contributed by atoms with Gasteiger partial charge in [0, 0.05) is 13.1 Å². The first-order valence-electron chi connectivity index (χ1n) is 5.42. The van der Waals surface area contributed by atoms with E-state index in [-0.39, 0.29) is 0 Å². The van der Waals surface area contributed by atoms with Crippen molar-refractivity contribution in [2.45, 2.75) is 38.1 Å². The number of nitriles is 1. The van der Waals surface area contributed by atoms with Crippen molar-refractivity contribution in [3.8, 4) is 6.07 Å². The molecule has 3 heteroatoms. The molecule has 1 saturated carbocycles. The number of hydrogen-bond acceptors (Lipinski definition) is 3. The second-order valence-corrected chi connectivity index (χ2v) is 4.84. The van der Waals surface area contributed by atoms with Gasteiger partial charge in [-0.05, 0) is 39.2 Å². The van der Waals surface area contributed by atoms with E-state index in [0.717, 1.165) is 18.9 Å². The highest BCUT2D eigenvalue weighted by molar-refractivity contribution is 5.01. The average molecular weight is 195 g/mol. The SMILES string of the molecule is CN(CCC(C)(N)C#N)CC1CCC1. The molecule has 0 heterocycles. The molecule has 0 spiro atoms. The van der Waals surface area contributed by atoms with E-state index in [2.05, 4.69) is 18.0 Å². The van der Waals surface area contributed by atoms with Crippen LogP contribution in [0.4, 0.5) is 0 Å². The fourth-order valence-electron chi connectivity index (χ4n) is 1.69. The van der Waals surface area contributed by atoms with Gasteiger partial charge in [0.2, 0.25) is 0 Å². The van der Waals surface area contributed by atoms with Gasteiger partial charge in [0.05, 0.1) is 6.07 Å². The Morgan fingerprint density at radius 3 is 2.64 bits per heavy atom. The van der Waals surface area contributed by atoms with E-state index in [1.807, 2.05) is 0 Å². The zero-order valence-corrected chi connectivity index (χ0v) is 9.29. The van der Waals surface area contributed by atoms with Gasteiger partial charge in [-0.2, -0.15) is 5.26 Å². The Hall–Kier alpha value is -0.590. The number of nitrogens with two attached hydrogens (primary N) is 1. The Bertz CT molecular complexity index is 213. The zero-order chi connectivity index (χ0) is 10.6. The van der Waals surface area contributed by atoms with E-state index in [9.17, 15) is 0 Å². The first-order chi connectivity index (χ1) is 6.53. The normalized spacial score (nSPS) is 21.4. The number of hydrogen-bond donors (Lipinski definition) is 1. The summed E-state index contributed by atoms with van der Waals surface area (Å²) >= 11 is 0. The fourth-order valence-corrected chi connectivity index (χ4v) is 1.69. The summed E-state index contributed by atoms with van der Waals surface area (Å²) in [7, 11) is 2.12. The molecule has 0 aromatic carbocycles. The zero-order valence-electron chi connectivity index (χ0n) is 9.29. The molecule has 0 aliphatic heterocycles. The van der Waals surface area contributed by atoms with Crippen molar-refractivity contribution in [1.29, 1.82) is 5.26 Å². The Labute approximate surface area is 86.9 Å². The highest BCUT2D eigenvalue weighted by Gasteiger charge is 2.21. The first-order valence-corrected chi connectivity index (χ1v) is 5.42. The summed E-state index contributed by atoms with van der Waals surface area (Å²) in [6.07, 6.45) is 4.91. The predicted octanol–water partition coefficient (Wildman–Crippen LogP) is 1.35. The predicted molar refractivity (Wildman–Crippen MR) is 57.7 cm³/mol. The van der Waals surface area contributed by atoms with E-state index in [4.69, 9.17) is 11.0 Å². The lowest BCUT2D eigenvalue weighted by Crippen LogP contribution is -2.39. The quantitative estimate of drug-likeness (QED) is 0.720. The van der Waals surface area contributed by atoms with Crippen molar-refractivity contribution in [3.05, 3.63) is 0 Å². The van der Waals surface area contributed by atoms with Crippen molar-refractivity contribution >= 4 is 0 Å². The lowest BCUT2D eigenvalue weighted by Gasteiger charge is -2.31. The summed E-state index contributed by atoms with van der Waals surface area (Å²) in [4.78, 5) is 2.30. The maximum Gasteiger partial charge on any atom is 0.102 e. The maximum atomic E-state index is 8.75. The van der Waals surface area contributed by atoms with E-state index >= 15 is 0 Å². The Morgan fingerprint density at radius 2 is 2.21 bits per heavy atom. The van der Waals surface area contributed by atoms with Gasteiger partial charge < -0.3 is 10.6 Å². The highest BCUT2D eigenvalue weighted by Crippen LogP contribution is 2.26. The van der Waals surface area contributed by atoms with Crippen LogP contribution in [-0.4, -0.2) is 30.6 Å². The Kier molecular flexibility index (Phi) is 3.91. The van der Waals surface area contributed by atoms with E-state index < -0.39 is 5.54 Å². The minimum Gasteiger partial charge on any atom is -0.314 e. The highest BCUT2D eigenvalue weighted by atomic mass is 15.1. The molecule has 14 heavy (non-hydrogen) atoms. The average Bonchev–Trinajstić information content (AvgIpc) is 2.08. The summed E-state index contributed by atoms with van der Waals surface area (Å²) in [6.45, 7) is 3.89. The molecule has 1 atom stereocenters. The largest absolute Gasteiger partial charge is 0.314 e. The number of nitrogens with zero attached hydrogens (tertiary/aromatic N) is 2. The fraction of sp³-hybridized carbons (Fsp3) is 0.909. The molecule has 80 valence electrons. The molecule has 0 amide bonds. The summed E-state index contributed by atoms with van der Waals surface area (Å²) in [5, 5.41) is 8.75. The van der Waals surface area contributed by atoms with Gasteiger partial charge in [0.15, 0.2) is 0 Å². The van der Waals surface area contributed by atoms with Gasteiger partial charge in [-0.25, -0.2) is 0 Å². The molecule has 2 N–H and O–H groups in total.